The number of benzene rings is 1. The van der Waals surface area contributed by atoms with Crippen molar-refractivity contribution in [2.24, 2.45) is 0 Å². The lowest BCUT2D eigenvalue weighted by Crippen LogP contribution is -2.22. The molecule has 0 radical (unpaired) electrons. The number of rotatable bonds is 6. The fraction of sp³-hybridized carbons (Fsp3) is 0.440. The molecule has 0 saturated heterocycles. The molecule has 1 fully saturated rings. The van der Waals surface area contributed by atoms with E-state index >= 15 is 0 Å². The fourth-order valence-electron chi connectivity index (χ4n) is 4.73. The van der Waals surface area contributed by atoms with Crippen LogP contribution in [0.15, 0.2) is 33.9 Å². The van der Waals surface area contributed by atoms with E-state index in [2.05, 4.69) is 26.2 Å². The Labute approximate surface area is 207 Å². The number of hydrogen-bond acceptors (Lipinski definition) is 8. The Morgan fingerprint density at radius 3 is 2.74 bits per heavy atom. The summed E-state index contributed by atoms with van der Waals surface area (Å²) >= 11 is 1.14. The maximum Gasteiger partial charge on any atom is 0.277 e. The number of hydrogen-bond donors (Lipinski definition) is 1. The number of aromatic nitrogens is 3. The molecule has 1 unspecified atom stereocenters. The van der Waals surface area contributed by atoms with Crippen molar-refractivity contribution in [1.82, 2.24) is 14.8 Å². The minimum atomic E-state index is -0.511. The van der Waals surface area contributed by atoms with Gasteiger partial charge in [0.05, 0.1) is 11.3 Å². The maximum atomic E-state index is 12.9. The lowest BCUT2D eigenvalue weighted by atomic mass is 9.95. The molecule has 2 aliphatic rings. The van der Waals surface area contributed by atoms with E-state index in [1.54, 1.807) is 0 Å². The number of nitrogens with zero attached hydrogens (tertiary/aromatic N) is 4. The SMILES string of the molecule is Cc1c(C#N)c(NC(=O)CSc2nnc(C3COc4ccccc4O3)o2)n(C2CCCCC2)c1C. The number of carbonyl (C=O) groups is 1. The van der Waals surface area contributed by atoms with Crippen LogP contribution < -0.4 is 14.8 Å². The van der Waals surface area contributed by atoms with E-state index in [1.165, 1.54) is 6.42 Å². The lowest BCUT2D eigenvalue weighted by molar-refractivity contribution is -0.113. The summed E-state index contributed by atoms with van der Waals surface area (Å²) in [5.41, 5.74) is 2.48. The molecule has 1 N–H and O–H groups in total. The molecule has 1 aliphatic heterocycles. The molecule has 1 aromatic carbocycles. The van der Waals surface area contributed by atoms with E-state index in [9.17, 15) is 10.1 Å². The van der Waals surface area contributed by atoms with E-state index in [0.29, 0.717) is 34.8 Å². The normalized spacial score (nSPS) is 17.7. The highest BCUT2D eigenvalue weighted by atomic mass is 32.2. The second kappa shape index (κ2) is 10.0. The first kappa shape index (κ1) is 23.3. The van der Waals surface area contributed by atoms with Crippen LogP contribution in [-0.2, 0) is 4.79 Å². The van der Waals surface area contributed by atoms with E-state index in [1.807, 2.05) is 38.1 Å². The second-order valence-corrected chi connectivity index (χ2v) is 9.74. The zero-order valence-electron chi connectivity index (χ0n) is 19.7. The van der Waals surface area contributed by atoms with Crippen molar-refractivity contribution in [3.8, 4) is 17.6 Å². The van der Waals surface area contributed by atoms with Crippen LogP contribution in [0.5, 0.6) is 11.5 Å². The topological polar surface area (TPSA) is 115 Å². The summed E-state index contributed by atoms with van der Waals surface area (Å²) in [6.07, 6.45) is 5.15. The lowest BCUT2D eigenvalue weighted by Gasteiger charge is -2.27. The summed E-state index contributed by atoms with van der Waals surface area (Å²) in [4.78, 5) is 12.9. The van der Waals surface area contributed by atoms with Crippen LogP contribution in [0.4, 0.5) is 5.82 Å². The molecule has 5 rings (SSSR count). The Kier molecular flexibility index (Phi) is 6.68. The Bertz CT molecular complexity index is 1270. The van der Waals surface area contributed by atoms with Crippen molar-refractivity contribution >= 4 is 23.5 Å². The zero-order valence-corrected chi connectivity index (χ0v) is 20.6. The smallest absolute Gasteiger partial charge is 0.277 e. The Hall–Kier alpha value is -3.45. The average Bonchev–Trinajstić information content (AvgIpc) is 3.45. The van der Waals surface area contributed by atoms with Gasteiger partial charge in [-0.05, 0) is 44.4 Å². The highest BCUT2D eigenvalue weighted by Crippen LogP contribution is 2.38. The molecule has 10 heteroatoms. The molecule has 1 saturated carbocycles. The molecule has 1 aliphatic carbocycles. The molecular formula is C25H27N5O4S. The number of thioether (sulfide) groups is 1. The third kappa shape index (κ3) is 4.73. The molecular weight excluding hydrogens is 466 g/mol. The molecule has 1 atom stereocenters. The number of para-hydroxylation sites is 2. The number of nitrogens with one attached hydrogen (secondary N) is 1. The summed E-state index contributed by atoms with van der Waals surface area (Å²) in [7, 11) is 0. The predicted octanol–water partition coefficient (Wildman–Crippen LogP) is 5.11. The van der Waals surface area contributed by atoms with Crippen molar-refractivity contribution < 1.29 is 18.7 Å². The summed E-state index contributed by atoms with van der Waals surface area (Å²) in [6, 6.07) is 9.98. The van der Waals surface area contributed by atoms with Crippen LogP contribution in [-0.4, -0.2) is 33.0 Å². The quantitative estimate of drug-likeness (QED) is 0.471. The van der Waals surface area contributed by atoms with Gasteiger partial charge in [0.15, 0.2) is 11.5 Å². The molecule has 3 heterocycles. The van der Waals surface area contributed by atoms with Crippen LogP contribution in [0, 0.1) is 25.2 Å². The van der Waals surface area contributed by atoms with Gasteiger partial charge in [0.1, 0.15) is 18.5 Å². The van der Waals surface area contributed by atoms with Gasteiger partial charge in [-0.15, -0.1) is 10.2 Å². The monoisotopic (exact) mass is 493 g/mol. The van der Waals surface area contributed by atoms with E-state index < -0.39 is 6.10 Å². The summed E-state index contributed by atoms with van der Waals surface area (Å²) < 4.78 is 19.5. The number of amides is 1. The van der Waals surface area contributed by atoms with Gasteiger partial charge in [-0.25, -0.2) is 0 Å². The number of ether oxygens (including phenoxy) is 2. The van der Waals surface area contributed by atoms with E-state index in [4.69, 9.17) is 13.9 Å². The van der Waals surface area contributed by atoms with E-state index in [-0.39, 0.29) is 23.5 Å². The maximum absolute atomic E-state index is 12.9. The number of carbonyl (C=O) groups excluding carboxylic acids is 1. The van der Waals surface area contributed by atoms with Gasteiger partial charge in [-0.1, -0.05) is 43.2 Å². The molecule has 1 amide bonds. The Balaban J connectivity index is 1.24. The van der Waals surface area contributed by atoms with Crippen molar-refractivity contribution in [3.05, 3.63) is 47.0 Å². The van der Waals surface area contributed by atoms with Gasteiger partial charge in [0, 0.05) is 11.7 Å². The minimum Gasteiger partial charge on any atom is -0.485 e. The highest BCUT2D eigenvalue weighted by Gasteiger charge is 2.28. The Morgan fingerprint density at radius 2 is 1.97 bits per heavy atom. The minimum absolute atomic E-state index is 0.0747. The summed E-state index contributed by atoms with van der Waals surface area (Å²) in [6.45, 7) is 4.22. The molecule has 0 spiro atoms. The van der Waals surface area contributed by atoms with Crippen LogP contribution in [0.3, 0.4) is 0 Å². The first-order valence-electron chi connectivity index (χ1n) is 11.8. The molecule has 3 aromatic rings. The first-order valence-corrected chi connectivity index (χ1v) is 12.8. The zero-order chi connectivity index (χ0) is 24.4. The largest absolute Gasteiger partial charge is 0.485 e. The molecule has 9 nitrogen and oxygen atoms in total. The van der Waals surface area contributed by atoms with E-state index in [0.717, 1.165) is 48.7 Å². The van der Waals surface area contributed by atoms with Crippen LogP contribution in [0.2, 0.25) is 0 Å². The molecule has 2 aromatic heterocycles. The van der Waals surface area contributed by atoms with Gasteiger partial charge in [0.2, 0.25) is 12.0 Å². The first-order chi connectivity index (χ1) is 17.0. The Morgan fingerprint density at radius 1 is 1.20 bits per heavy atom. The van der Waals surface area contributed by atoms with Crippen molar-refractivity contribution in [2.75, 3.05) is 17.7 Å². The number of anilines is 1. The second-order valence-electron chi connectivity index (χ2n) is 8.81. The number of fused-ring (bicyclic) bond motifs is 1. The third-order valence-electron chi connectivity index (χ3n) is 6.60. The fourth-order valence-corrected chi connectivity index (χ4v) is 5.30. The van der Waals surface area contributed by atoms with Gasteiger partial charge in [-0.3, -0.25) is 4.79 Å². The van der Waals surface area contributed by atoms with Gasteiger partial charge in [0.25, 0.3) is 11.1 Å². The molecule has 35 heavy (non-hydrogen) atoms. The molecule has 182 valence electrons. The summed E-state index contributed by atoms with van der Waals surface area (Å²) in [5.74, 6) is 2.03. The van der Waals surface area contributed by atoms with Gasteiger partial charge >= 0.3 is 0 Å². The highest BCUT2D eigenvalue weighted by molar-refractivity contribution is 7.99. The van der Waals surface area contributed by atoms with Crippen molar-refractivity contribution in [1.29, 1.82) is 5.26 Å². The van der Waals surface area contributed by atoms with Gasteiger partial charge in [-0.2, -0.15) is 5.26 Å². The average molecular weight is 494 g/mol. The van der Waals surface area contributed by atoms with Crippen LogP contribution >= 0.6 is 11.8 Å². The van der Waals surface area contributed by atoms with Crippen molar-refractivity contribution in [2.45, 2.75) is 63.3 Å². The standard InChI is InChI=1S/C25H27N5O4S/c1-15-16(2)30(17-8-4-3-5-9-17)23(18(15)12-26)27-22(31)14-35-25-29-28-24(34-25)21-13-32-19-10-6-7-11-20(19)33-21/h6-7,10-11,17,21H,3-5,8-9,13-14H2,1-2H3,(H,27,31). The van der Waals surface area contributed by atoms with Crippen molar-refractivity contribution in [3.63, 3.8) is 0 Å². The van der Waals surface area contributed by atoms with Gasteiger partial charge < -0.3 is 23.8 Å². The molecule has 0 bridgehead atoms. The number of nitriles is 1. The summed E-state index contributed by atoms with van der Waals surface area (Å²) in [5, 5.41) is 21.1. The van der Waals surface area contributed by atoms with Crippen LogP contribution in [0.1, 0.15) is 67.0 Å². The third-order valence-corrected chi connectivity index (χ3v) is 7.42. The van der Waals surface area contributed by atoms with Crippen LogP contribution in [0.25, 0.3) is 0 Å². The predicted molar refractivity (Wildman–Crippen MR) is 130 cm³/mol.